The molecule has 0 amide bonds. The predicted octanol–water partition coefficient (Wildman–Crippen LogP) is 5.74. The molecule has 1 aromatic heterocycles. The van der Waals surface area contributed by atoms with E-state index in [0.717, 1.165) is 21.2 Å². The summed E-state index contributed by atoms with van der Waals surface area (Å²) in [6.45, 7) is 0. The fourth-order valence-electron chi connectivity index (χ4n) is 2.15. The highest BCUT2D eigenvalue weighted by Gasteiger charge is 2.12. The highest BCUT2D eigenvalue weighted by atomic mass is 35.5. The van der Waals surface area contributed by atoms with Crippen LogP contribution in [0.4, 0.5) is 0 Å². The maximum absolute atomic E-state index is 6.22. The van der Waals surface area contributed by atoms with E-state index in [1.54, 1.807) is 18.4 Å². The normalized spacial score (nSPS) is 10.5. The summed E-state index contributed by atoms with van der Waals surface area (Å²) in [6.07, 6.45) is 0. The first-order chi connectivity index (χ1) is 9.78. The molecule has 0 saturated heterocycles. The number of thiophene rings is 1. The van der Waals surface area contributed by atoms with E-state index in [-0.39, 0.29) is 0 Å². The zero-order chi connectivity index (χ0) is 13.9. The second kappa shape index (κ2) is 5.70. The third-order valence-electron chi connectivity index (χ3n) is 3.14. The Hall–Kier alpha value is -1.77. The fraction of sp³-hybridized carbons (Fsp3) is 0.0588. The van der Waals surface area contributed by atoms with Crippen molar-refractivity contribution in [2.24, 2.45) is 0 Å². The molecule has 0 unspecified atom stereocenters. The molecule has 3 heteroatoms. The van der Waals surface area contributed by atoms with Crippen LogP contribution in [0.1, 0.15) is 0 Å². The predicted molar refractivity (Wildman–Crippen MR) is 86.8 cm³/mol. The number of ether oxygens (including phenoxy) is 1. The van der Waals surface area contributed by atoms with Gasteiger partial charge in [-0.1, -0.05) is 54.1 Å². The van der Waals surface area contributed by atoms with Gasteiger partial charge in [0.2, 0.25) is 0 Å². The second-order valence-corrected chi connectivity index (χ2v) is 6.07. The zero-order valence-corrected chi connectivity index (χ0v) is 12.5. The van der Waals surface area contributed by atoms with E-state index < -0.39 is 0 Å². The Morgan fingerprint density at radius 2 is 1.60 bits per heavy atom. The largest absolute Gasteiger partial charge is 0.497 e. The molecule has 0 spiro atoms. The van der Waals surface area contributed by atoms with E-state index in [2.05, 4.69) is 24.3 Å². The molecule has 0 aliphatic carbocycles. The van der Waals surface area contributed by atoms with Gasteiger partial charge in [0, 0.05) is 10.4 Å². The van der Waals surface area contributed by atoms with Crippen LogP contribution in [0.2, 0.25) is 4.34 Å². The van der Waals surface area contributed by atoms with Gasteiger partial charge >= 0.3 is 0 Å². The Morgan fingerprint density at radius 1 is 0.900 bits per heavy atom. The molecule has 100 valence electrons. The van der Waals surface area contributed by atoms with Gasteiger partial charge in [-0.15, -0.1) is 11.3 Å². The van der Waals surface area contributed by atoms with E-state index in [4.69, 9.17) is 16.3 Å². The van der Waals surface area contributed by atoms with Crippen LogP contribution in [0.3, 0.4) is 0 Å². The molecular weight excluding hydrogens is 288 g/mol. The molecule has 0 aliphatic heterocycles. The van der Waals surface area contributed by atoms with Crippen molar-refractivity contribution in [1.82, 2.24) is 0 Å². The molecule has 1 nitrogen and oxygen atoms in total. The van der Waals surface area contributed by atoms with Crippen molar-refractivity contribution < 1.29 is 4.74 Å². The molecule has 0 atom stereocenters. The number of halogens is 1. The van der Waals surface area contributed by atoms with Crippen LogP contribution < -0.4 is 4.74 Å². The lowest BCUT2D eigenvalue weighted by atomic mass is 10.0. The minimum Gasteiger partial charge on any atom is -0.497 e. The molecule has 3 aromatic rings. The van der Waals surface area contributed by atoms with Crippen LogP contribution in [-0.4, -0.2) is 7.11 Å². The van der Waals surface area contributed by atoms with E-state index >= 15 is 0 Å². The van der Waals surface area contributed by atoms with Crippen LogP contribution in [0, 0.1) is 0 Å². The number of methoxy groups -OCH3 is 1. The number of hydrogen-bond acceptors (Lipinski definition) is 2. The topological polar surface area (TPSA) is 9.23 Å². The monoisotopic (exact) mass is 300 g/mol. The van der Waals surface area contributed by atoms with Crippen molar-refractivity contribution >= 4 is 22.9 Å². The maximum atomic E-state index is 6.22. The van der Waals surface area contributed by atoms with Gasteiger partial charge < -0.3 is 4.74 Å². The van der Waals surface area contributed by atoms with Crippen molar-refractivity contribution in [3.63, 3.8) is 0 Å². The first-order valence-corrected chi connectivity index (χ1v) is 7.46. The Morgan fingerprint density at radius 3 is 2.25 bits per heavy atom. The van der Waals surface area contributed by atoms with Crippen molar-refractivity contribution in [2.75, 3.05) is 7.11 Å². The van der Waals surface area contributed by atoms with Gasteiger partial charge in [0.1, 0.15) is 5.75 Å². The SMILES string of the molecule is COc1ccc(-c2cc(Cl)sc2-c2ccccc2)cc1. The summed E-state index contributed by atoms with van der Waals surface area (Å²) >= 11 is 7.82. The van der Waals surface area contributed by atoms with Gasteiger partial charge in [-0.2, -0.15) is 0 Å². The Bertz CT molecular complexity index is 702. The summed E-state index contributed by atoms with van der Waals surface area (Å²) in [5, 5.41) is 0. The molecule has 0 aliphatic rings. The van der Waals surface area contributed by atoms with Crippen molar-refractivity contribution in [3.8, 4) is 27.3 Å². The molecule has 0 radical (unpaired) electrons. The molecule has 0 N–H and O–H groups in total. The molecule has 20 heavy (non-hydrogen) atoms. The minimum absolute atomic E-state index is 0.801. The van der Waals surface area contributed by atoms with Crippen molar-refractivity contribution in [3.05, 3.63) is 65.0 Å². The second-order valence-electron chi connectivity index (χ2n) is 4.39. The summed E-state index contributed by atoms with van der Waals surface area (Å²) in [4.78, 5) is 1.20. The number of benzene rings is 2. The van der Waals surface area contributed by atoms with Gasteiger partial charge in [-0.05, 0) is 29.3 Å². The highest BCUT2D eigenvalue weighted by molar-refractivity contribution is 7.20. The van der Waals surface area contributed by atoms with Gasteiger partial charge in [-0.3, -0.25) is 0 Å². The maximum Gasteiger partial charge on any atom is 0.118 e. The zero-order valence-electron chi connectivity index (χ0n) is 11.0. The lowest BCUT2D eigenvalue weighted by Crippen LogP contribution is -1.83. The Labute approximate surface area is 127 Å². The first-order valence-electron chi connectivity index (χ1n) is 6.27. The average molecular weight is 301 g/mol. The van der Waals surface area contributed by atoms with E-state index in [1.807, 2.05) is 36.4 Å². The lowest BCUT2D eigenvalue weighted by molar-refractivity contribution is 0.415. The van der Waals surface area contributed by atoms with Crippen LogP contribution in [-0.2, 0) is 0 Å². The van der Waals surface area contributed by atoms with Crippen molar-refractivity contribution in [1.29, 1.82) is 0 Å². The smallest absolute Gasteiger partial charge is 0.118 e. The summed E-state index contributed by atoms with van der Waals surface area (Å²) in [7, 11) is 1.67. The first kappa shape index (κ1) is 13.2. The highest BCUT2D eigenvalue weighted by Crippen LogP contribution is 2.41. The number of hydrogen-bond donors (Lipinski definition) is 0. The quantitative estimate of drug-likeness (QED) is 0.599. The van der Waals surface area contributed by atoms with Gasteiger partial charge in [-0.25, -0.2) is 0 Å². The molecule has 0 bridgehead atoms. The Kier molecular flexibility index (Phi) is 3.77. The van der Waals surface area contributed by atoms with Gasteiger partial charge in [0.25, 0.3) is 0 Å². The molecule has 3 rings (SSSR count). The van der Waals surface area contributed by atoms with Crippen molar-refractivity contribution in [2.45, 2.75) is 0 Å². The lowest BCUT2D eigenvalue weighted by Gasteiger charge is -2.05. The van der Waals surface area contributed by atoms with E-state index in [1.165, 1.54) is 10.4 Å². The summed E-state index contributed by atoms with van der Waals surface area (Å²) < 4.78 is 6.00. The summed E-state index contributed by atoms with van der Waals surface area (Å²) in [5.41, 5.74) is 3.50. The van der Waals surface area contributed by atoms with Crippen LogP contribution in [0.25, 0.3) is 21.6 Å². The van der Waals surface area contributed by atoms with Crippen LogP contribution >= 0.6 is 22.9 Å². The molecule has 0 fully saturated rings. The molecule has 1 heterocycles. The van der Waals surface area contributed by atoms with Crippen LogP contribution in [0.5, 0.6) is 5.75 Å². The van der Waals surface area contributed by atoms with E-state index in [0.29, 0.717) is 0 Å². The van der Waals surface area contributed by atoms with Gasteiger partial charge in [0.05, 0.1) is 11.4 Å². The van der Waals surface area contributed by atoms with Crippen LogP contribution in [0.15, 0.2) is 60.7 Å². The summed E-state index contributed by atoms with van der Waals surface area (Å²) in [5.74, 6) is 0.858. The molecule has 0 saturated carbocycles. The molecule has 2 aromatic carbocycles. The van der Waals surface area contributed by atoms with E-state index in [9.17, 15) is 0 Å². The fourth-order valence-corrected chi connectivity index (χ4v) is 3.40. The minimum atomic E-state index is 0.801. The Balaban J connectivity index is 2.09. The third-order valence-corrected chi connectivity index (χ3v) is 4.45. The third kappa shape index (κ3) is 2.58. The summed E-state index contributed by atoms with van der Waals surface area (Å²) in [6, 6.07) is 20.4. The average Bonchev–Trinajstić information content (AvgIpc) is 2.90. The standard InChI is InChI=1S/C17H13ClOS/c1-19-14-9-7-12(8-10-14)15-11-16(18)20-17(15)13-5-3-2-4-6-13/h2-11H,1H3. The van der Waals surface area contributed by atoms with Gasteiger partial charge in [0.15, 0.2) is 0 Å². The number of rotatable bonds is 3. The molecular formula is C17H13ClOS.